The molecule has 3 amide bonds. The van der Waals surface area contributed by atoms with Crippen LogP contribution in [0.25, 0.3) is 0 Å². The SMILES string of the molecule is CC(C)(C)NC(=O)NC(=O)COc1ccc(C(C)(C)C)cc1. The van der Waals surface area contributed by atoms with E-state index in [1.54, 1.807) is 0 Å². The zero-order valence-corrected chi connectivity index (χ0v) is 14.2. The molecule has 0 aliphatic carbocycles. The quantitative estimate of drug-likeness (QED) is 0.902. The summed E-state index contributed by atoms with van der Waals surface area (Å²) in [6.07, 6.45) is 0. The Morgan fingerprint density at radius 1 is 1.00 bits per heavy atom. The number of ether oxygens (including phenoxy) is 1. The molecule has 0 fully saturated rings. The topological polar surface area (TPSA) is 67.4 Å². The van der Waals surface area contributed by atoms with Crippen molar-refractivity contribution in [3.8, 4) is 5.75 Å². The van der Waals surface area contributed by atoms with Crippen molar-refractivity contribution < 1.29 is 14.3 Å². The van der Waals surface area contributed by atoms with Crippen LogP contribution in [0.5, 0.6) is 5.75 Å². The normalized spacial score (nSPS) is 11.7. The third-order valence-electron chi connectivity index (χ3n) is 2.83. The summed E-state index contributed by atoms with van der Waals surface area (Å²) in [5.74, 6) is 0.112. The smallest absolute Gasteiger partial charge is 0.321 e. The average Bonchev–Trinajstić information content (AvgIpc) is 2.33. The number of imide groups is 1. The molecule has 0 heterocycles. The number of hydrogen-bond acceptors (Lipinski definition) is 3. The van der Waals surface area contributed by atoms with Crippen LogP contribution in [0.4, 0.5) is 4.79 Å². The average molecular weight is 306 g/mol. The van der Waals surface area contributed by atoms with Crippen LogP contribution in [0.1, 0.15) is 47.1 Å². The molecule has 0 atom stereocenters. The second-order valence-corrected chi connectivity index (χ2v) is 7.32. The summed E-state index contributed by atoms with van der Waals surface area (Å²) in [6, 6.07) is 7.06. The van der Waals surface area contributed by atoms with Gasteiger partial charge in [0.15, 0.2) is 6.61 Å². The molecule has 0 spiro atoms. The molecule has 0 unspecified atom stereocenters. The fourth-order valence-electron chi connectivity index (χ4n) is 1.73. The van der Waals surface area contributed by atoms with E-state index in [0.29, 0.717) is 5.75 Å². The van der Waals surface area contributed by atoms with E-state index in [2.05, 4.69) is 31.4 Å². The number of nitrogens with one attached hydrogen (secondary N) is 2. The maximum atomic E-state index is 11.6. The standard InChI is InChI=1S/C17H26N2O3/c1-16(2,3)12-7-9-13(10-8-12)22-11-14(20)18-15(21)19-17(4,5)6/h7-10H,11H2,1-6H3,(H2,18,19,20,21). The maximum Gasteiger partial charge on any atom is 0.321 e. The molecule has 22 heavy (non-hydrogen) atoms. The van der Waals surface area contributed by atoms with Gasteiger partial charge in [-0.15, -0.1) is 0 Å². The van der Waals surface area contributed by atoms with Gasteiger partial charge in [0, 0.05) is 5.54 Å². The molecule has 5 nitrogen and oxygen atoms in total. The van der Waals surface area contributed by atoms with Gasteiger partial charge in [-0.25, -0.2) is 4.79 Å². The van der Waals surface area contributed by atoms with Crippen LogP contribution in [-0.4, -0.2) is 24.1 Å². The van der Waals surface area contributed by atoms with E-state index >= 15 is 0 Å². The third-order valence-corrected chi connectivity index (χ3v) is 2.83. The monoisotopic (exact) mass is 306 g/mol. The molecular weight excluding hydrogens is 280 g/mol. The largest absolute Gasteiger partial charge is 0.484 e. The molecule has 0 saturated heterocycles. The molecule has 2 N–H and O–H groups in total. The van der Waals surface area contributed by atoms with Gasteiger partial charge < -0.3 is 10.1 Å². The molecule has 0 bridgehead atoms. The lowest BCUT2D eigenvalue weighted by Crippen LogP contribution is -2.49. The summed E-state index contributed by atoms with van der Waals surface area (Å²) in [5.41, 5.74) is 0.864. The fraction of sp³-hybridized carbons (Fsp3) is 0.529. The first kappa shape index (κ1) is 18.0. The zero-order chi connectivity index (χ0) is 17.0. The Balaban J connectivity index is 2.46. The van der Waals surface area contributed by atoms with Crippen LogP contribution in [0.2, 0.25) is 0 Å². The van der Waals surface area contributed by atoms with E-state index in [0.717, 1.165) is 0 Å². The number of rotatable bonds is 3. The number of benzene rings is 1. The van der Waals surface area contributed by atoms with Crippen molar-refractivity contribution in [2.24, 2.45) is 0 Å². The summed E-state index contributed by atoms with van der Waals surface area (Å²) in [7, 11) is 0. The van der Waals surface area contributed by atoms with E-state index in [1.807, 2.05) is 45.0 Å². The summed E-state index contributed by atoms with van der Waals surface area (Å²) < 4.78 is 5.37. The van der Waals surface area contributed by atoms with Gasteiger partial charge >= 0.3 is 6.03 Å². The molecule has 0 radical (unpaired) electrons. The van der Waals surface area contributed by atoms with Crippen LogP contribution < -0.4 is 15.4 Å². The van der Waals surface area contributed by atoms with Gasteiger partial charge in [-0.3, -0.25) is 10.1 Å². The zero-order valence-electron chi connectivity index (χ0n) is 14.2. The Labute approximate surface area is 132 Å². The van der Waals surface area contributed by atoms with Crippen LogP contribution in [0.3, 0.4) is 0 Å². The highest BCUT2D eigenvalue weighted by Crippen LogP contribution is 2.24. The molecule has 0 aromatic heterocycles. The van der Waals surface area contributed by atoms with Gasteiger partial charge in [0.1, 0.15) is 5.75 Å². The highest BCUT2D eigenvalue weighted by molar-refractivity contribution is 5.95. The van der Waals surface area contributed by atoms with Crippen LogP contribution in [-0.2, 0) is 10.2 Å². The molecule has 1 aromatic carbocycles. The minimum Gasteiger partial charge on any atom is -0.484 e. The minimum absolute atomic E-state index is 0.0704. The van der Waals surface area contributed by atoms with Crippen molar-refractivity contribution in [1.82, 2.24) is 10.6 Å². The Kier molecular flexibility index (Phi) is 5.58. The second kappa shape index (κ2) is 6.81. The van der Waals surface area contributed by atoms with Crippen LogP contribution in [0, 0.1) is 0 Å². The van der Waals surface area contributed by atoms with Crippen molar-refractivity contribution in [2.75, 3.05) is 6.61 Å². The lowest BCUT2D eigenvalue weighted by atomic mass is 9.87. The summed E-state index contributed by atoms with van der Waals surface area (Å²) in [4.78, 5) is 23.2. The van der Waals surface area contributed by atoms with Gasteiger partial charge in [-0.2, -0.15) is 0 Å². The van der Waals surface area contributed by atoms with E-state index in [4.69, 9.17) is 4.74 Å². The van der Waals surface area contributed by atoms with E-state index in [1.165, 1.54) is 5.56 Å². The predicted molar refractivity (Wildman–Crippen MR) is 87.1 cm³/mol. The molecular formula is C17H26N2O3. The first-order valence-corrected chi connectivity index (χ1v) is 7.33. The lowest BCUT2D eigenvalue weighted by Gasteiger charge is -2.20. The van der Waals surface area contributed by atoms with Crippen LogP contribution >= 0.6 is 0 Å². The van der Waals surface area contributed by atoms with Crippen molar-refractivity contribution in [3.05, 3.63) is 29.8 Å². The molecule has 0 saturated carbocycles. The Bertz CT molecular complexity index is 522. The number of carbonyl (C=O) groups is 2. The number of amides is 3. The van der Waals surface area contributed by atoms with Crippen molar-refractivity contribution in [3.63, 3.8) is 0 Å². The van der Waals surface area contributed by atoms with Gasteiger partial charge in [0.25, 0.3) is 5.91 Å². The highest BCUT2D eigenvalue weighted by Gasteiger charge is 2.16. The highest BCUT2D eigenvalue weighted by atomic mass is 16.5. The number of urea groups is 1. The van der Waals surface area contributed by atoms with Crippen molar-refractivity contribution >= 4 is 11.9 Å². The predicted octanol–water partition coefficient (Wildman–Crippen LogP) is 2.99. The molecule has 0 aliphatic rings. The Hall–Kier alpha value is -2.04. The second-order valence-electron chi connectivity index (χ2n) is 7.32. The fourth-order valence-corrected chi connectivity index (χ4v) is 1.73. The molecule has 0 aliphatic heterocycles. The number of hydrogen-bond donors (Lipinski definition) is 2. The summed E-state index contributed by atoms with van der Waals surface area (Å²) in [6.45, 7) is 11.7. The van der Waals surface area contributed by atoms with Crippen LogP contribution in [0.15, 0.2) is 24.3 Å². The Morgan fingerprint density at radius 3 is 2.00 bits per heavy atom. The van der Waals surface area contributed by atoms with Crippen molar-refractivity contribution in [2.45, 2.75) is 52.5 Å². The lowest BCUT2D eigenvalue weighted by molar-refractivity contribution is -0.122. The van der Waals surface area contributed by atoms with Gasteiger partial charge in [0.05, 0.1) is 0 Å². The van der Waals surface area contributed by atoms with Gasteiger partial charge in [0.2, 0.25) is 0 Å². The minimum atomic E-state index is -0.524. The molecule has 5 heteroatoms. The van der Waals surface area contributed by atoms with E-state index in [-0.39, 0.29) is 12.0 Å². The first-order valence-electron chi connectivity index (χ1n) is 7.33. The molecule has 1 rings (SSSR count). The molecule has 1 aromatic rings. The van der Waals surface area contributed by atoms with E-state index in [9.17, 15) is 9.59 Å². The molecule has 122 valence electrons. The first-order chi connectivity index (χ1) is 9.97. The maximum absolute atomic E-state index is 11.6. The summed E-state index contributed by atoms with van der Waals surface area (Å²) in [5, 5.41) is 4.87. The van der Waals surface area contributed by atoms with Crippen molar-refractivity contribution in [1.29, 1.82) is 0 Å². The summed E-state index contributed by atoms with van der Waals surface area (Å²) >= 11 is 0. The number of carbonyl (C=O) groups excluding carboxylic acids is 2. The third kappa shape index (κ3) is 6.61. The van der Waals surface area contributed by atoms with Gasteiger partial charge in [-0.1, -0.05) is 32.9 Å². The van der Waals surface area contributed by atoms with Gasteiger partial charge in [-0.05, 0) is 43.9 Å². The van der Waals surface area contributed by atoms with E-state index < -0.39 is 17.5 Å². The Morgan fingerprint density at radius 2 is 1.55 bits per heavy atom.